The molecular formula is C54H33NO2. The molecule has 10 aromatic carbocycles. The minimum Gasteiger partial charge on any atom is -0.455 e. The van der Waals surface area contributed by atoms with Gasteiger partial charge in [0.05, 0.1) is 16.8 Å². The number of fused-ring (bicyclic) bond motifs is 10. The van der Waals surface area contributed by atoms with Crippen LogP contribution in [0.3, 0.4) is 0 Å². The molecule has 0 fully saturated rings. The Bertz CT molecular complexity index is 3530. The summed E-state index contributed by atoms with van der Waals surface area (Å²) in [6, 6.07) is 71.4. The fraction of sp³-hybridized carbons (Fsp3) is 0. The second-order valence-electron chi connectivity index (χ2n) is 14.8. The zero-order valence-electron chi connectivity index (χ0n) is 30.8. The third-order valence-corrected chi connectivity index (χ3v) is 11.7. The normalized spacial score (nSPS) is 11.9. The maximum atomic E-state index is 6.91. The van der Waals surface area contributed by atoms with Crippen LogP contribution in [0.1, 0.15) is 0 Å². The van der Waals surface area contributed by atoms with Crippen LogP contribution in [0.4, 0.5) is 17.1 Å². The molecule has 3 heteroatoms. The van der Waals surface area contributed by atoms with Crippen molar-refractivity contribution in [1.82, 2.24) is 0 Å². The predicted molar refractivity (Wildman–Crippen MR) is 239 cm³/mol. The molecule has 0 aliphatic rings. The Morgan fingerprint density at radius 2 is 0.965 bits per heavy atom. The van der Waals surface area contributed by atoms with E-state index in [-0.39, 0.29) is 0 Å². The molecule has 0 radical (unpaired) electrons. The molecule has 12 rings (SSSR count). The van der Waals surface area contributed by atoms with Gasteiger partial charge in [0.25, 0.3) is 0 Å². The average molecular weight is 728 g/mol. The zero-order valence-corrected chi connectivity index (χ0v) is 30.8. The molecule has 2 aromatic heterocycles. The summed E-state index contributed by atoms with van der Waals surface area (Å²) in [5.41, 5.74) is 11.0. The Labute approximate surface area is 328 Å². The quantitative estimate of drug-likeness (QED) is 0.165. The number of benzene rings is 10. The van der Waals surface area contributed by atoms with E-state index in [4.69, 9.17) is 8.83 Å². The Kier molecular flexibility index (Phi) is 6.93. The number of anilines is 3. The maximum absolute atomic E-state index is 6.91. The van der Waals surface area contributed by atoms with E-state index in [1.54, 1.807) is 0 Å². The summed E-state index contributed by atoms with van der Waals surface area (Å²) in [6.45, 7) is 0. The fourth-order valence-electron chi connectivity index (χ4n) is 9.07. The molecule has 0 aliphatic carbocycles. The molecule has 0 atom stereocenters. The molecule has 0 aliphatic heterocycles. The van der Waals surface area contributed by atoms with Crippen LogP contribution in [0.15, 0.2) is 209 Å². The third kappa shape index (κ3) is 4.86. The first-order chi connectivity index (χ1) is 28.3. The average Bonchev–Trinajstić information content (AvgIpc) is 3.86. The fourth-order valence-corrected chi connectivity index (χ4v) is 9.07. The summed E-state index contributed by atoms with van der Waals surface area (Å²) >= 11 is 0. The lowest BCUT2D eigenvalue weighted by molar-refractivity contribution is 0.670. The highest BCUT2D eigenvalue weighted by molar-refractivity contribution is 6.21. The molecule has 0 N–H and O–H groups in total. The summed E-state index contributed by atoms with van der Waals surface area (Å²) in [5.74, 6) is 0. The second kappa shape index (κ2) is 12.5. The van der Waals surface area contributed by atoms with E-state index < -0.39 is 0 Å². The first-order valence-electron chi connectivity index (χ1n) is 19.4. The van der Waals surface area contributed by atoms with Crippen molar-refractivity contribution in [3.8, 4) is 22.3 Å². The van der Waals surface area contributed by atoms with E-state index in [2.05, 4.69) is 199 Å². The summed E-state index contributed by atoms with van der Waals surface area (Å²) in [4.78, 5) is 2.40. The summed E-state index contributed by atoms with van der Waals surface area (Å²) in [7, 11) is 0. The number of hydrogen-bond acceptors (Lipinski definition) is 3. The van der Waals surface area contributed by atoms with Gasteiger partial charge in [-0.1, -0.05) is 158 Å². The lowest BCUT2D eigenvalue weighted by atomic mass is 9.95. The number of para-hydroxylation sites is 2. The van der Waals surface area contributed by atoms with Gasteiger partial charge in [-0.3, -0.25) is 0 Å². The summed E-state index contributed by atoms with van der Waals surface area (Å²) in [6.07, 6.45) is 0. The predicted octanol–water partition coefficient (Wildman–Crippen LogP) is 15.7. The van der Waals surface area contributed by atoms with Crippen LogP contribution >= 0.6 is 0 Å². The monoisotopic (exact) mass is 727 g/mol. The smallest absolute Gasteiger partial charge is 0.145 e. The topological polar surface area (TPSA) is 29.5 Å². The van der Waals surface area contributed by atoms with Gasteiger partial charge in [-0.2, -0.15) is 0 Å². The summed E-state index contributed by atoms with van der Waals surface area (Å²) < 4.78 is 13.8. The van der Waals surface area contributed by atoms with Crippen LogP contribution < -0.4 is 4.90 Å². The molecule has 0 amide bonds. The number of nitrogens with zero attached hydrogens (tertiary/aromatic N) is 1. The molecule has 2 heterocycles. The molecule has 0 bridgehead atoms. The largest absolute Gasteiger partial charge is 0.455 e. The molecule has 266 valence electrons. The maximum Gasteiger partial charge on any atom is 0.145 e. The van der Waals surface area contributed by atoms with Crippen LogP contribution in [0.5, 0.6) is 0 Å². The lowest BCUT2D eigenvalue weighted by Crippen LogP contribution is -2.11. The standard InChI is InChI=1S/C54H33NO2/c1-2-13-35(14-3-1)40-21-11-24-45-44-30-28-37(33-51(44)57-53(40)45)55(48-25-12-23-41-39-19-7-5-16-36(39)27-29-43(41)48)49-32-31-46(42-22-10-17-34-15-4-6-18-38(34)42)54-52(49)47-20-8-9-26-50(47)56-54/h1-33H. The first-order valence-corrected chi connectivity index (χ1v) is 19.4. The Morgan fingerprint density at radius 1 is 0.316 bits per heavy atom. The number of furan rings is 2. The molecule has 0 saturated carbocycles. The lowest BCUT2D eigenvalue weighted by Gasteiger charge is -2.28. The Balaban J connectivity index is 1.17. The zero-order chi connectivity index (χ0) is 37.5. The Morgan fingerprint density at radius 3 is 1.86 bits per heavy atom. The van der Waals surface area contributed by atoms with Crippen molar-refractivity contribution in [3.05, 3.63) is 200 Å². The molecule has 3 nitrogen and oxygen atoms in total. The van der Waals surface area contributed by atoms with Gasteiger partial charge in [0.15, 0.2) is 0 Å². The van der Waals surface area contributed by atoms with Crippen LogP contribution in [0.25, 0.3) is 98.4 Å². The van der Waals surface area contributed by atoms with Crippen molar-refractivity contribution in [3.63, 3.8) is 0 Å². The van der Waals surface area contributed by atoms with E-state index in [0.29, 0.717) is 0 Å². The van der Waals surface area contributed by atoms with E-state index in [0.717, 1.165) is 88.6 Å². The van der Waals surface area contributed by atoms with E-state index in [1.807, 2.05) is 6.07 Å². The van der Waals surface area contributed by atoms with Gasteiger partial charge in [-0.05, 0) is 74.5 Å². The Hall–Kier alpha value is -7.62. The van der Waals surface area contributed by atoms with Crippen molar-refractivity contribution >= 4 is 93.3 Å². The van der Waals surface area contributed by atoms with Crippen molar-refractivity contribution < 1.29 is 8.83 Å². The molecular weight excluding hydrogens is 695 g/mol. The van der Waals surface area contributed by atoms with Gasteiger partial charge in [0.1, 0.15) is 22.3 Å². The molecule has 57 heavy (non-hydrogen) atoms. The van der Waals surface area contributed by atoms with Gasteiger partial charge in [-0.25, -0.2) is 0 Å². The highest BCUT2D eigenvalue weighted by Gasteiger charge is 2.25. The van der Waals surface area contributed by atoms with Gasteiger partial charge in [0, 0.05) is 44.4 Å². The van der Waals surface area contributed by atoms with Gasteiger partial charge >= 0.3 is 0 Å². The van der Waals surface area contributed by atoms with E-state index in [1.165, 1.54) is 26.9 Å². The van der Waals surface area contributed by atoms with Crippen molar-refractivity contribution in [2.45, 2.75) is 0 Å². The van der Waals surface area contributed by atoms with Crippen molar-refractivity contribution in [2.24, 2.45) is 0 Å². The molecule has 0 unspecified atom stereocenters. The van der Waals surface area contributed by atoms with Crippen molar-refractivity contribution in [1.29, 1.82) is 0 Å². The van der Waals surface area contributed by atoms with Gasteiger partial charge < -0.3 is 13.7 Å². The van der Waals surface area contributed by atoms with Crippen LogP contribution in [-0.2, 0) is 0 Å². The van der Waals surface area contributed by atoms with E-state index >= 15 is 0 Å². The molecule has 0 spiro atoms. The van der Waals surface area contributed by atoms with Gasteiger partial charge in [-0.15, -0.1) is 0 Å². The number of rotatable bonds is 5. The minimum atomic E-state index is 0.835. The third-order valence-electron chi connectivity index (χ3n) is 11.7. The van der Waals surface area contributed by atoms with E-state index in [9.17, 15) is 0 Å². The summed E-state index contributed by atoms with van der Waals surface area (Å²) in [5, 5.41) is 11.5. The van der Waals surface area contributed by atoms with Crippen LogP contribution in [0, 0.1) is 0 Å². The highest BCUT2D eigenvalue weighted by Crippen LogP contribution is 2.49. The number of hydrogen-bond donors (Lipinski definition) is 0. The SMILES string of the molecule is c1ccc(-c2cccc3c2oc2cc(N(c4cccc5c4ccc4ccccc45)c4ccc(-c5cccc6ccccc56)c5oc6ccccc6c45)ccc23)cc1. The van der Waals surface area contributed by atoms with Crippen molar-refractivity contribution in [2.75, 3.05) is 4.90 Å². The highest BCUT2D eigenvalue weighted by atomic mass is 16.3. The molecule has 0 saturated heterocycles. The second-order valence-corrected chi connectivity index (χ2v) is 14.8. The first kappa shape index (κ1) is 31.7. The van der Waals surface area contributed by atoms with Crippen LogP contribution in [-0.4, -0.2) is 0 Å². The van der Waals surface area contributed by atoms with Gasteiger partial charge in [0.2, 0.25) is 0 Å². The minimum absolute atomic E-state index is 0.835. The van der Waals surface area contributed by atoms with Crippen LogP contribution in [0.2, 0.25) is 0 Å². The molecule has 12 aromatic rings.